The molecule has 4 rings (SSSR count). The van der Waals surface area contributed by atoms with E-state index < -0.39 is 6.04 Å². The first-order valence-electron chi connectivity index (χ1n) is 9.09. The minimum absolute atomic E-state index is 0.0499. The lowest BCUT2D eigenvalue weighted by molar-refractivity contribution is 0.468. The summed E-state index contributed by atoms with van der Waals surface area (Å²) in [6, 6.07) is 18.6. The second-order valence-electron chi connectivity index (χ2n) is 6.89. The fraction of sp³-hybridized carbons (Fsp3) is 0.130. The molecule has 0 radical (unpaired) electrons. The smallest absolute Gasteiger partial charge is 0.169 e. The fourth-order valence-electron chi connectivity index (χ4n) is 3.26. The molecule has 1 unspecified atom stereocenters. The molecule has 4 aromatic rings. The summed E-state index contributed by atoms with van der Waals surface area (Å²) in [5.74, 6) is 0.522. The summed E-state index contributed by atoms with van der Waals surface area (Å²) in [5, 5.41) is 25.3. The maximum atomic E-state index is 11.0. The summed E-state index contributed by atoms with van der Waals surface area (Å²) < 4.78 is 0. The van der Waals surface area contributed by atoms with Crippen LogP contribution in [0, 0.1) is 13.8 Å². The number of aromatic nitrogens is 2. The van der Waals surface area contributed by atoms with Crippen molar-refractivity contribution in [1.82, 2.24) is 9.97 Å². The highest BCUT2D eigenvalue weighted by Crippen LogP contribution is 2.37. The minimum Gasteiger partial charge on any atom is -0.505 e. The van der Waals surface area contributed by atoms with Gasteiger partial charge >= 0.3 is 0 Å². The third-order valence-corrected chi connectivity index (χ3v) is 4.80. The summed E-state index contributed by atoms with van der Waals surface area (Å²) in [6.07, 6.45) is 1.61. The Morgan fingerprint density at radius 3 is 2.39 bits per heavy atom. The van der Waals surface area contributed by atoms with Gasteiger partial charge in [0.1, 0.15) is 11.3 Å². The van der Waals surface area contributed by atoms with Crippen LogP contribution in [0.15, 0.2) is 66.9 Å². The van der Waals surface area contributed by atoms with Crippen molar-refractivity contribution in [1.29, 1.82) is 0 Å². The maximum Gasteiger partial charge on any atom is 0.169 e. The van der Waals surface area contributed by atoms with Crippen LogP contribution in [0.1, 0.15) is 28.4 Å². The quantitative estimate of drug-likeness (QED) is 0.477. The normalized spacial score (nSPS) is 12.1. The van der Waals surface area contributed by atoms with E-state index in [1.54, 1.807) is 18.3 Å². The number of rotatable bonds is 4. The minimum atomic E-state index is -0.409. The Balaban J connectivity index is 1.87. The number of nitrogens with zero attached hydrogens (tertiary/aromatic N) is 2. The highest BCUT2D eigenvalue weighted by atomic mass is 16.3. The molecule has 28 heavy (non-hydrogen) atoms. The Kier molecular flexibility index (Phi) is 4.57. The predicted octanol–water partition coefficient (Wildman–Crippen LogP) is 4.86. The van der Waals surface area contributed by atoms with Crippen molar-refractivity contribution in [2.24, 2.45) is 0 Å². The first-order valence-corrected chi connectivity index (χ1v) is 9.09. The van der Waals surface area contributed by atoms with E-state index in [1.807, 2.05) is 62.4 Å². The first-order chi connectivity index (χ1) is 13.5. The fourth-order valence-corrected chi connectivity index (χ4v) is 3.26. The number of anilines is 1. The van der Waals surface area contributed by atoms with E-state index in [0.29, 0.717) is 16.9 Å². The van der Waals surface area contributed by atoms with Crippen LogP contribution < -0.4 is 5.32 Å². The molecule has 0 fully saturated rings. The second-order valence-corrected chi connectivity index (χ2v) is 6.89. The molecule has 140 valence electrons. The Morgan fingerprint density at radius 2 is 1.64 bits per heavy atom. The Bertz CT molecular complexity index is 1140. The van der Waals surface area contributed by atoms with Crippen molar-refractivity contribution >= 4 is 16.7 Å². The number of phenolic OH excluding ortho intramolecular Hbond substituents is 1. The molecule has 1 atom stereocenters. The van der Waals surface area contributed by atoms with Gasteiger partial charge in [0.05, 0.1) is 6.04 Å². The second kappa shape index (κ2) is 7.19. The zero-order chi connectivity index (χ0) is 19.7. The van der Waals surface area contributed by atoms with Crippen molar-refractivity contribution < 1.29 is 10.2 Å². The average molecular weight is 371 g/mol. The molecule has 5 heteroatoms. The molecule has 5 nitrogen and oxygen atoms in total. The molecular formula is C23H21N3O2. The van der Waals surface area contributed by atoms with E-state index in [9.17, 15) is 10.2 Å². The van der Waals surface area contributed by atoms with Gasteiger partial charge in [-0.3, -0.25) is 0 Å². The van der Waals surface area contributed by atoms with Crippen molar-refractivity contribution in [3.05, 3.63) is 89.2 Å². The van der Waals surface area contributed by atoms with E-state index in [2.05, 4.69) is 15.3 Å². The zero-order valence-electron chi connectivity index (χ0n) is 15.7. The number of hydrogen-bond acceptors (Lipinski definition) is 5. The highest BCUT2D eigenvalue weighted by molar-refractivity contribution is 5.86. The molecule has 0 spiro atoms. The molecule has 3 N–H and O–H groups in total. The molecule has 0 saturated carbocycles. The van der Waals surface area contributed by atoms with Crippen LogP contribution in [0.5, 0.6) is 11.5 Å². The lowest BCUT2D eigenvalue weighted by atomic mass is 9.95. The molecular weight excluding hydrogens is 350 g/mol. The van der Waals surface area contributed by atoms with E-state index >= 15 is 0 Å². The SMILES string of the molecule is Cc1ccc(C(Nc2ncccc2O)c2ccc3ccc(C)nc3c2O)cc1. The van der Waals surface area contributed by atoms with E-state index in [-0.39, 0.29) is 11.5 Å². The number of benzene rings is 2. The number of fused-ring (bicyclic) bond motifs is 1. The molecule has 0 amide bonds. The molecule has 0 bridgehead atoms. The number of phenols is 1. The molecule has 0 saturated heterocycles. The van der Waals surface area contributed by atoms with Gasteiger partial charge in [0.15, 0.2) is 11.6 Å². The maximum absolute atomic E-state index is 11.0. The molecule has 0 aliphatic rings. The van der Waals surface area contributed by atoms with Crippen LogP contribution in [0.2, 0.25) is 0 Å². The van der Waals surface area contributed by atoms with E-state index in [4.69, 9.17) is 0 Å². The number of hydrogen-bond donors (Lipinski definition) is 3. The summed E-state index contributed by atoms with van der Waals surface area (Å²) in [4.78, 5) is 8.74. The van der Waals surface area contributed by atoms with Crippen molar-refractivity contribution in [2.45, 2.75) is 19.9 Å². The Hall–Kier alpha value is -3.60. The molecule has 0 aliphatic carbocycles. The monoisotopic (exact) mass is 371 g/mol. The summed E-state index contributed by atoms with van der Waals surface area (Å²) in [7, 11) is 0. The van der Waals surface area contributed by atoms with Crippen LogP contribution >= 0.6 is 0 Å². The van der Waals surface area contributed by atoms with Gasteiger partial charge in [0.2, 0.25) is 0 Å². The summed E-state index contributed by atoms with van der Waals surface area (Å²) >= 11 is 0. The predicted molar refractivity (Wildman–Crippen MR) is 111 cm³/mol. The van der Waals surface area contributed by atoms with Crippen molar-refractivity contribution in [3.63, 3.8) is 0 Å². The third kappa shape index (κ3) is 3.34. The van der Waals surface area contributed by atoms with Gasteiger partial charge in [0, 0.05) is 22.8 Å². The van der Waals surface area contributed by atoms with Gasteiger partial charge in [-0.25, -0.2) is 9.97 Å². The van der Waals surface area contributed by atoms with Crippen LogP contribution in [-0.2, 0) is 0 Å². The van der Waals surface area contributed by atoms with Crippen molar-refractivity contribution in [3.8, 4) is 11.5 Å². The lowest BCUT2D eigenvalue weighted by Gasteiger charge is -2.22. The third-order valence-electron chi connectivity index (χ3n) is 4.80. The average Bonchev–Trinajstić information content (AvgIpc) is 2.69. The standard InChI is InChI=1S/C23H21N3O2/c1-14-5-8-16(9-6-14)20(26-23-19(27)4-3-13-24-23)18-12-11-17-10-7-15(2)25-21(17)22(18)28/h3-13,20,27-28H,1-2H3,(H,24,26). The topological polar surface area (TPSA) is 78.3 Å². The van der Waals surface area contributed by atoms with E-state index in [1.165, 1.54) is 0 Å². The van der Waals surface area contributed by atoms with Gasteiger partial charge < -0.3 is 15.5 Å². The number of aromatic hydroxyl groups is 2. The lowest BCUT2D eigenvalue weighted by Crippen LogP contribution is -2.14. The number of aryl methyl sites for hydroxylation is 2. The molecule has 0 aliphatic heterocycles. The highest BCUT2D eigenvalue weighted by Gasteiger charge is 2.21. The van der Waals surface area contributed by atoms with Crippen molar-refractivity contribution in [2.75, 3.05) is 5.32 Å². The van der Waals surface area contributed by atoms with Crippen LogP contribution in [0.4, 0.5) is 5.82 Å². The summed E-state index contributed by atoms with van der Waals surface area (Å²) in [5.41, 5.74) is 4.14. The van der Waals surface area contributed by atoms with Crippen LogP contribution in [-0.4, -0.2) is 20.2 Å². The van der Waals surface area contributed by atoms with Gasteiger partial charge in [0.25, 0.3) is 0 Å². The van der Waals surface area contributed by atoms with Gasteiger partial charge in [-0.1, -0.05) is 48.0 Å². The molecule has 2 heterocycles. The molecule has 2 aromatic carbocycles. The zero-order valence-corrected chi connectivity index (χ0v) is 15.7. The van der Waals surface area contributed by atoms with Crippen LogP contribution in [0.25, 0.3) is 10.9 Å². The largest absolute Gasteiger partial charge is 0.505 e. The van der Waals surface area contributed by atoms with Crippen LogP contribution in [0.3, 0.4) is 0 Å². The first kappa shape index (κ1) is 17.8. The molecule has 2 aromatic heterocycles. The number of nitrogens with one attached hydrogen (secondary N) is 1. The Labute approximate surface area is 163 Å². The number of pyridine rings is 2. The Morgan fingerprint density at radius 1 is 0.893 bits per heavy atom. The van der Waals surface area contributed by atoms with Gasteiger partial charge in [-0.05, 0) is 37.6 Å². The summed E-state index contributed by atoms with van der Waals surface area (Å²) in [6.45, 7) is 3.92. The van der Waals surface area contributed by atoms with E-state index in [0.717, 1.165) is 22.2 Å². The van der Waals surface area contributed by atoms with Gasteiger partial charge in [-0.2, -0.15) is 0 Å². The van der Waals surface area contributed by atoms with Gasteiger partial charge in [-0.15, -0.1) is 0 Å².